The quantitative estimate of drug-likeness (QED) is 0.787. The van der Waals surface area contributed by atoms with Gasteiger partial charge < -0.3 is 18.9 Å². The van der Waals surface area contributed by atoms with Gasteiger partial charge in [-0.3, -0.25) is 4.79 Å². The highest BCUT2D eigenvalue weighted by Crippen LogP contribution is 2.37. The highest BCUT2D eigenvalue weighted by atomic mass is 19.1. The fraction of sp³-hybridized carbons (Fsp3) is 0.611. The van der Waals surface area contributed by atoms with Crippen LogP contribution in [-0.4, -0.2) is 49.3 Å². The summed E-state index contributed by atoms with van der Waals surface area (Å²) in [6.45, 7) is 9.05. The zero-order chi connectivity index (χ0) is 18.4. The van der Waals surface area contributed by atoms with Crippen LogP contribution in [0.1, 0.15) is 50.9 Å². The molecule has 2 heterocycles. The summed E-state index contributed by atoms with van der Waals surface area (Å²) >= 11 is 0. The van der Waals surface area contributed by atoms with E-state index < -0.39 is 24.1 Å². The number of ether oxygens (including phenoxy) is 1. The number of nitrogens with zero attached hydrogens (tertiary/aromatic N) is 1. The summed E-state index contributed by atoms with van der Waals surface area (Å²) in [6.07, 6.45) is 1.89. The van der Waals surface area contributed by atoms with E-state index in [1.165, 1.54) is 13.2 Å². The Bertz CT molecular complexity index is 670. The number of rotatable bonds is 3. The van der Waals surface area contributed by atoms with Crippen molar-refractivity contribution in [2.24, 2.45) is 0 Å². The van der Waals surface area contributed by atoms with Gasteiger partial charge in [0.15, 0.2) is 0 Å². The highest BCUT2D eigenvalue weighted by Gasteiger charge is 2.52. The molecule has 0 radical (unpaired) electrons. The number of hydrogen-bond acceptors (Lipinski definition) is 4. The number of hydrogen-bond donors (Lipinski definition) is 0. The van der Waals surface area contributed by atoms with Gasteiger partial charge in [0.2, 0.25) is 0 Å². The molecular formula is C18H25BFNO4. The summed E-state index contributed by atoms with van der Waals surface area (Å²) in [5, 5.41) is 0. The number of benzene rings is 1. The van der Waals surface area contributed by atoms with Crippen LogP contribution in [0.25, 0.3) is 0 Å². The molecule has 0 aliphatic carbocycles. The van der Waals surface area contributed by atoms with E-state index in [1.54, 1.807) is 11.0 Å². The zero-order valence-corrected chi connectivity index (χ0v) is 15.5. The van der Waals surface area contributed by atoms with E-state index in [0.29, 0.717) is 18.6 Å². The van der Waals surface area contributed by atoms with E-state index in [9.17, 15) is 9.18 Å². The normalized spacial score (nSPS) is 21.7. The van der Waals surface area contributed by atoms with Gasteiger partial charge in [0.25, 0.3) is 5.91 Å². The number of carbonyl (C=O) groups excluding carboxylic acids is 1. The van der Waals surface area contributed by atoms with Crippen LogP contribution in [0.5, 0.6) is 5.75 Å². The molecule has 1 amide bonds. The van der Waals surface area contributed by atoms with Crippen molar-refractivity contribution in [3.8, 4) is 5.75 Å². The van der Waals surface area contributed by atoms with Gasteiger partial charge in [-0.05, 0) is 58.1 Å². The molecule has 1 aromatic rings. The first kappa shape index (κ1) is 18.2. The first-order valence-electron chi connectivity index (χ1n) is 8.68. The fourth-order valence-electron chi connectivity index (χ4n) is 3.16. The Kier molecular flexibility index (Phi) is 4.58. The minimum Gasteiger partial charge on any atom is -0.496 e. The lowest BCUT2D eigenvalue weighted by Gasteiger charge is -2.32. The van der Waals surface area contributed by atoms with Crippen LogP contribution in [0, 0.1) is 5.82 Å². The van der Waals surface area contributed by atoms with Gasteiger partial charge in [-0.1, -0.05) is 0 Å². The van der Waals surface area contributed by atoms with E-state index in [2.05, 4.69) is 0 Å². The highest BCUT2D eigenvalue weighted by molar-refractivity contribution is 6.62. The van der Waals surface area contributed by atoms with E-state index in [-0.39, 0.29) is 17.2 Å². The molecular weight excluding hydrogens is 324 g/mol. The van der Waals surface area contributed by atoms with Gasteiger partial charge in [-0.2, -0.15) is 0 Å². The van der Waals surface area contributed by atoms with E-state index in [0.717, 1.165) is 12.8 Å². The number of amides is 1. The summed E-state index contributed by atoms with van der Waals surface area (Å²) in [5.41, 5.74) is -0.563. The second-order valence-corrected chi connectivity index (χ2v) is 7.67. The van der Waals surface area contributed by atoms with Gasteiger partial charge in [0, 0.05) is 13.1 Å². The first-order valence-corrected chi connectivity index (χ1v) is 8.68. The van der Waals surface area contributed by atoms with Crippen molar-refractivity contribution in [1.29, 1.82) is 0 Å². The Morgan fingerprint density at radius 3 is 2.24 bits per heavy atom. The summed E-state index contributed by atoms with van der Waals surface area (Å²) in [5.74, 6) is -0.727. The molecule has 0 saturated carbocycles. The molecule has 0 N–H and O–H groups in total. The minimum absolute atomic E-state index is 0.0235. The third-order valence-electron chi connectivity index (χ3n) is 5.43. The summed E-state index contributed by atoms with van der Waals surface area (Å²) in [4.78, 5) is 14.3. The fourth-order valence-corrected chi connectivity index (χ4v) is 3.16. The van der Waals surface area contributed by atoms with Crippen LogP contribution < -0.4 is 10.2 Å². The number of methoxy groups -OCH3 is 1. The average molecular weight is 349 g/mol. The van der Waals surface area contributed by atoms with Crippen LogP contribution >= 0.6 is 0 Å². The predicted molar refractivity (Wildman–Crippen MR) is 93.8 cm³/mol. The molecule has 0 aromatic heterocycles. The molecule has 7 heteroatoms. The molecule has 2 saturated heterocycles. The van der Waals surface area contributed by atoms with E-state index >= 15 is 0 Å². The van der Waals surface area contributed by atoms with Gasteiger partial charge in [-0.25, -0.2) is 4.39 Å². The zero-order valence-electron chi connectivity index (χ0n) is 15.5. The van der Waals surface area contributed by atoms with Crippen molar-refractivity contribution in [2.75, 3.05) is 20.2 Å². The standard InChI is InChI=1S/C18H25BFNO4/c1-17(2)18(3,4)25-19(24-17)12-10-13(20)15(14(11-12)23-5)16(22)21-8-6-7-9-21/h10-11H,6-9H2,1-5H3. The molecule has 25 heavy (non-hydrogen) atoms. The van der Waals surface area contributed by atoms with Crippen molar-refractivity contribution < 1.29 is 23.2 Å². The van der Waals surface area contributed by atoms with E-state index in [1.807, 2.05) is 27.7 Å². The van der Waals surface area contributed by atoms with Crippen molar-refractivity contribution in [1.82, 2.24) is 4.90 Å². The molecule has 136 valence electrons. The summed E-state index contributed by atoms with van der Waals surface area (Å²) in [7, 11) is 0.730. The molecule has 0 atom stereocenters. The second kappa shape index (κ2) is 6.29. The van der Waals surface area contributed by atoms with Crippen LogP contribution in [0.2, 0.25) is 0 Å². The Hall–Kier alpha value is -1.60. The van der Waals surface area contributed by atoms with Gasteiger partial charge in [-0.15, -0.1) is 0 Å². The molecule has 3 rings (SSSR count). The SMILES string of the molecule is COc1cc(B2OC(C)(C)C(C)(C)O2)cc(F)c1C(=O)N1CCCC1. The lowest BCUT2D eigenvalue weighted by atomic mass is 9.78. The molecule has 2 aliphatic heterocycles. The van der Waals surface area contributed by atoms with Crippen molar-refractivity contribution in [2.45, 2.75) is 51.7 Å². The Balaban J connectivity index is 1.94. The van der Waals surface area contributed by atoms with Crippen molar-refractivity contribution in [3.05, 3.63) is 23.5 Å². The Labute approximate surface area is 148 Å². The minimum atomic E-state index is -0.704. The van der Waals surface area contributed by atoms with Crippen molar-refractivity contribution >= 4 is 18.5 Å². The maximum absolute atomic E-state index is 14.8. The van der Waals surface area contributed by atoms with Crippen LogP contribution in [0.4, 0.5) is 4.39 Å². The van der Waals surface area contributed by atoms with Gasteiger partial charge >= 0.3 is 7.12 Å². The molecule has 1 aromatic carbocycles. The lowest BCUT2D eigenvalue weighted by Crippen LogP contribution is -2.41. The van der Waals surface area contributed by atoms with Gasteiger partial charge in [0.1, 0.15) is 17.1 Å². The monoisotopic (exact) mass is 349 g/mol. The largest absolute Gasteiger partial charge is 0.496 e. The maximum Gasteiger partial charge on any atom is 0.495 e. The molecule has 0 spiro atoms. The molecule has 2 fully saturated rings. The predicted octanol–water partition coefficient (Wildman–Crippen LogP) is 2.37. The molecule has 0 unspecified atom stereocenters. The Morgan fingerprint density at radius 1 is 1.16 bits per heavy atom. The molecule has 2 aliphatic rings. The van der Waals surface area contributed by atoms with Crippen LogP contribution in [-0.2, 0) is 9.31 Å². The number of likely N-dealkylation sites (tertiary alicyclic amines) is 1. The Morgan fingerprint density at radius 2 is 1.72 bits per heavy atom. The molecule has 5 nitrogen and oxygen atoms in total. The number of halogens is 1. The maximum atomic E-state index is 14.8. The third kappa shape index (κ3) is 3.15. The topological polar surface area (TPSA) is 48.0 Å². The van der Waals surface area contributed by atoms with E-state index in [4.69, 9.17) is 14.0 Å². The second-order valence-electron chi connectivity index (χ2n) is 7.67. The first-order chi connectivity index (χ1) is 11.7. The van der Waals surface area contributed by atoms with Crippen LogP contribution in [0.3, 0.4) is 0 Å². The van der Waals surface area contributed by atoms with Gasteiger partial charge in [0.05, 0.1) is 18.3 Å². The molecule has 0 bridgehead atoms. The van der Waals surface area contributed by atoms with Crippen molar-refractivity contribution in [3.63, 3.8) is 0 Å². The van der Waals surface area contributed by atoms with Crippen LogP contribution in [0.15, 0.2) is 12.1 Å². The third-order valence-corrected chi connectivity index (χ3v) is 5.43. The summed E-state index contributed by atoms with van der Waals surface area (Å²) < 4.78 is 32.0. The average Bonchev–Trinajstić information content (AvgIpc) is 3.12. The summed E-state index contributed by atoms with van der Waals surface area (Å²) in [6, 6.07) is 2.95. The number of carbonyl (C=O) groups is 1. The smallest absolute Gasteiger partial charge is 0.495 e. The lowest BCUT2D eigenvalue weighted by molar-refractivity contribution is 0.00578.